The highest BCUT2D eigenvalue weighted by atomic mass is 35.5. The molecule has 2 aromatic rings. The molecular weight excluding hydrogens is 545 g/mol. The van der Waals surface area contributed by atoms with E-state index in [1.165, 1.54) is 29.2 Å². The number of amides is 1. The van der Waals surface area contributed by atoms with Crippen molar-refractivity contribution in [1.29, 1.82) is 0 Å². The lowest BCUT2D eigenvalue weighted by molar-refractivity contribution is -0.131. The number of hydroxylamine groups is 1. The number of aryl methyl sites for hydroxylation is 1. The Morgan fingerprint density at radius 2 is 1.86 bits per heavy atom. The summed E-state index contributed by atoms with van der Waals surface area (Å²) in [6.07, 6.45) is 3.40. The van der Waals surface area contributed by atoms with Gasteiger partial charge in [-0.15, -0.1) is 0 Å². The average molecular weight is 576 g/mol. The second-order valence-electron chi connectivity index (χ2n) is 9.30. The Kier molecular flexibility index (Phi) is 9.65. The van der Waals surface area contributed by atoms with E-state index in [4.69, 9.17) is 33.1 Å². The second kappa shape index (κ2) is 12.1. The van der Waals surface area contributed by atoms with Gasteiger partial charge in [-0.25, -0.2) is 13.9 Å². The maximum Gasteiger partial charge on any atom is 0.264 e. The van der Waals surface area contributed by atoms with Crippen LogP contribution in [0, 0.1) is 0 Å². The number of aliphatic hydroxyl groups excluding tert-OH is 1. The largest absolute Gasteiger partial charge is 0.491 e. The van der Waals surface area contributed by atoms with Crippen molar-refractivity contribution in [3.8, 4) is 16.9 Å². The van der Waals surface area contributed by atoms with Crippen molar-refractivity contribution in [3.05, 3.63) is 50.9 Å². The zero-order valence-corrected chi connectivity index (χ0v) is 22.9. The number of sulfone groups is 1. The number of pyridine rings is 1. The number of hydrogen-bond acceptors (Lipinski definition) is 8. The molecule has 0 aliphatic carbocycles. The maximum absolute atomic E-state index is 12.7. The fourth-order valence-electron chi connectivity index (χ4n) is 4.07. The van der Waals surface area contributed by atoms with Crippen LogP contribution in [-0.2, 0) is 21.2 Å². The van der Waals surface area contributed by atoms with Crippen LogP contribution >= 0.6 is 23.2 Å². The third-order valence-electron chi connectivity index (χ3n) is 6.81. The van der Waals surface area contributed by atoms with Gasteiger partial charge in [0.15, 0.2) is 14.6 Å². The predicted molar refractivity (Wildman–Crippen MR) is 141 cm³/mol. The quantitative estimate of drug-likeness (QED) is 0.290. The first-order valence-corrected chi connectivity index (χ1v) is 14.4. The number of benzene rings is 1. The molecule has 204 valence electrons. The number of nitrogens with one attached hydrogen (secondary N) is 1. The van der Waals surface area contributed by atoms with E-state index >= 15 is 0 Å². The van der Waals surface area contributed by atoms with E-state index in [2.05, 4.69) is 4.90 Å². The number of rotatable bonds is 10. The molecule has 0 spiro atoms. The van der Waals surface area contributed by atoms with Crippen molar-refractivity contribution in [2.75, 3.05) is 32.5 Å². The van der Waals surface area contributed by atoms with Crippen LogP contribution in [-0.4, -0.2) is 77.5 Å². The summed E-state index contributed by atoms with van der Waals surface area (Å²) in [5.74, 6) is -0.652. The fourth-order valence-corrected chi connectivity index (χ4v) is 5.40. The summed E-state index contributed by atoms with van der Waals surface area (Å²) < 4.78 is 29.5. The van der Waals surface area contributed by atoms with Crippen molar-refractivity contribution in [2.24, 2.45) is 0 Å². The van der Waals surface area contributed by atoms with Gasteiger partial charge < -0.3 is 14.4 Å². The zero-order valence-electron chi connectivity index (χ0n) is 20.6. The number of likely N-dealkylation sites (tertiary alicyclic amines) is 1. The Labute approximate surface area is 225 Å². The molecule has 3 rings (SSSR count). The van der Waals surface area contributed by atoms with Crippen molar-refractivity contribution in [2.45, 2.75) is 43.6 Å². The molecule has 2 heterocycles. The SMILES string of the molecule is C[C@@](CCn1ccc(-c2ccc(OCCN3CCC(O)CC3)c(Cl)c2Cl)cc1=O)(C(=O)NO)S(C)(=O)=O. The van der Waals surface area contributed by atoms with E-state index in [-0.39, 0.29) is 29.1 Å². The minimum Gasteiger partial charge on any atom is -0.491 e. The van der Waals surface area contributed by atoms with Gasteiger partial charge in [0.2, 0.25) is 0 Å². The van der Waals surface area contributed by atoms with Crippen molar-refractivity contribution >= 4 is 38.9 Å². The van der Waals surface area contributed by atoms with Crippen molar-refractivity contribution in [3.63, 3.8) is 0 Å². The van der Waals surface area contributed by atoms with Gasteiger partial charge in [-0.2, -0.15) is 0 Å². The molecule has 1 atom stereocenters. The van der Waals surface area contributed by atoms with Crippen LogP contribution in [0.2, 0.25) is 10.0 Å². The lowest BCUT2D eigenvalue weighted by atomic mass is 10.1. The number of ether oxygens (including phenoxy) is 1. The molecule has 0 radical (unpaired) electrons. The van der Waals surface area contributed by atoms with E-state index < -0.39 is 26.1 Å². The van der Waals surface area contributed by atoms with E-state index in [0.717, 1.165) is 32.2 Å². The Hall–Kier alpha value is -2.15. The van der Waals surface area contributed by atoms with Crippen LogP contribution in [0.25, 0.3) is 11.1 Å². The normalized spacial score (nSPS) is 16.8. The van der Waals surface area contributed by atoms with Gasteiger partial charge in [-0.1, -0.05) is 23.2 Å². The van der Waals surface area contributed by atoms with Crippen LogP contribution in [0.3, 0.4) is 0 Å². The Balaban J connectivity index is 1.70. The topological polar surface area (TPSA) is 138 Å². The zero-order chi connectivity index (χ0) is 27.4. The standard InChI is InChI=1S/C24H31Cl2N3O7S/c1-24(23(32)27-33,37(2,34)35)8-12-29-11-5-16(15-20(29)31)18-3-4-19(22(26)21(18)25)36-14-13-28-9-6-17(30)7-10-28/h3-5,11,15,17,30,33H,6-10,12-14H2,1-2H3,(H,27,32)/t24-/m1/s1. The summed E-state index contributed by atoms with van der Waals surface area (Å²) in [5, 5.41) is 19.0. The first-order valence-electron chi connectivity index (χ1n) is 11.7. The van der Waals surface area contributed by atoms with Gasteiger partial charge in [0, 0.05) is 50.3 Å². The highest BCUT2D eigenvalue weighted by Crippen LogP contribution is 2.39. The highest BCUT2D eigenvalue weighted by molar-refractivity contribution is 7.92. The molecule has 37 heavy (non-hydrogen) atoms. The molecule has 1 aliphatic heterocycles. The Morgan fingerprint density at radius 3 is 2.46 bits per heavy atom. The van der Waals surface area contributed by atoms with Gasteiger partial charge in [0.05, 0.1) is 11.1 Å². The molecule has 0 unspecified atom stereocenters. The van der Waals surface area contributed by atoms with Crippen molar-refractivity contribution in [1.82, 2.24) is 14.9 Å². The van der Waals surface area contributed by atoms with Crippen LogP contribution in [0.5, 0.6) is 5.75 Å². The molecular formula is C24H31Cl2N3O7S. The lowest BCUT2D eigenvalue weighted by Gasteiger charge is -2.29. The van der Waals surface area contributed by atoms with E-state index in [9.17, 15) is 23.1 Å². The maximum atomic E-state index is 12.7. The first kappa shape index (κ1) is 29.4. The third kappa shape index (κ3) is 6.84. The molecule has 1 amide bonds. The molecule has 1 aromatic heterocycles. The molecule has 1 saturated heterocycles. The molecule has 1 aromatic carbocycles. The minimum absolute atomic E-state index is 0.0760. The van der Waals surface area contributed by atoms with Gasteiger partial charge in [-0.05, 0) is 49.9 Å². The fraction of sp³-hybridized carbons (Fsp3) is 0.500. The number of piperidine rings is 1. The molecule has 13 heteroatoms. The highest BCUT2D eigenvalue weighted by Gasteiger charge is 2.43. The number of aromatic nitrogens is 1. The smallest absolute Gasteiger partial charge is 0.264 e. The van der Waals surface area contributed by atoms with Crippen LogP contribution < -0.4 is 15.8 Å². The van der Waals surface area contributed by atoms with Gasteiger partial charge in [0.1, 0.15) is 17.4 Å². The number of carbonyl (C=O) groups is 1. The Bertz CT molecular complexity index is 1290. The summed E-state index contributed by atoms with van der Waals surface area (Å²) in [6.45, 7) is 3.83. The van der Waals surface area contributed by atoms with Gasteiger partial charge in [0.25, 0.3) is 11.5 Å². The number of aliphatic hydroxyl groups is 1. The lowest BCUT2D eigenvalue weighted by Crippen LogP contribution is -2.49. The molecule has 1 fully saturated rings. The van der Waals surface area contributed by atoms with E-state index in [1.54, 1.807) is 18.2 Å². The van der Waals surface area contributed by atoms with E-state index in [1.807, 2.05) is 0 Å². The first-order chi connectivity index (χ1) is 17.4. The molecule has 3 N–H and O–H groups in total. The summed E-state index contributed by atoms with van der Waals surface area (Å²) in [5.41, 5.74) is 1.98. The van der Waals surface area contributed by atoms with Gasteiger partial charge >= 0.3 is 0 Å². The molecule has 1 aliphatic rings. The summed E-state index contributed by atoms with van der Waals surface area (Å²) >= 11 is 12.9. The third-order valence-corrected chi connectivity index (χ3v) is 9.70. The van der Waals surface area contributed by atoms with Crippen LogP contribution in [0.15, 0.2) is 35.3 Å². The number of carbonyl (C=O) groups excluding carboxylic acids is 1. The molecule has 10 nitrogen and oxygen atoms in total. The predicted octanol–water partition coefficient (Wildman–Crippen LogP) is 2.36. The summed E-state index contributed by atoms with van der Waals surface area (Å²) in [6, 6.07) is 6.35. The number of halogens is 2. The summed E-state index contributed by atoms with van der Waals surface area (Å²) in [7, 11) is -3.88. The van der Waals surface area contributed by atoms with Crippen LogP contribution in [0.1, 0.15) is 26.2 Å². The van der Waals surface area contributed by atoms with Gasteiger partial charge in [-0.3, -0.25) is 19.7 Å². The minimum atomic E-state index is -3.88. The summed E-state index contributed by atoms with van der Waals surface area (Å²) in [4.78, 5) is 26.9. The van der Waals surface area contributed by atoms with Crippen LogP contribution in [0.4, 0.5) is 0 Å². The number of hydrogen-bond donors (Lipinski definition) is 3. The second-order valence-corrected chi connectivity index (χ2v) is 12.5. The number of nitrogens with zero attached hydrogens (tertiary/aromatic N) is 2. The molecule has 0 saturated carbocycles. The Morgan fingerprint density at radius 1 is 1.19 bits per heavy atom. The van der Waals surface area contributed by atoms with Crippen molar-refractivity contribution < 1.29 is 28.3 Å². The average Bonchev–Trinajstić information content (AvgIpc) is 2.85. The van der Waals surface area contributed by atoms with E-state index in [0.29, 0.717) is 30.0 Å². The monoisotopic (exact) mass is 575 g/mol. The molecule has 0 bridgehead atoms.